The van der Waals surface area contributed by atoms with Gasteiger partial charge in [-0.2, -0.15) is 0 Å². The van der Waals surface area contributed by atoms with Crippen molar-refractivity contribution in [2.75, 3.05) is 29.6 Å². The first kappa shape index (κ1) is 21.4. The van der Waals surface area contributed by atoms with Crippen LogP contribution in [0.25, 0.3) is 0 Å². The first-order valence-corrected chi connectivity index (χ1v) is 11.4. The van der Waals surface area contributed by atoms with Crippen molar-refractivity contribution in [3.05, 3.63) is 94.1 Å². The Morgan fingerprint density at radius 2 is 1.70 bits per heavy atom. The van der Waals surface area contributed by atoms with Crippen molar-refractivity contribution in [2.24, 2.45) is 0 Å². The molecule has 3 aromatic carbocycles. The highest BCUT2D eigenvalue weighted by Crippen LogP contribution is 2.46. The van der Waals surface area contributed by atoms with E-state index in [0.29, 0.717) is 29.0 Å². The highest BCUT2D eigenvalue weighted by molar-refractivity contribution is 6.30. The van der Waals surface area contributed by atoms with Crippen molar-refractivity contribution in [3.63, 3.8) is 0 Å². The largest absolute Gasteiger partial charge is 0.508 e. The topological polar surface area (TPSA) is 64.6 Å². The van der Waals surface area contributed by atoms with Gasteiger partial charge in [-0.15, -0.1) is 0 Å². The maximum Gasteiger partial charge on any atom is 0.163 e. The van der Waals surface area contributed by atoms with E-state index >= 15 is 0 Å². The Balaban J connectivity index is 1.59. The molecule has 0 saturated heterocycles. The summed E-state index contributed by atoms with van der Waals surface area (Å²) in [4.78, 5) is 15.7. The zero-order valence-corrected chi connectivity index (χ0v) is 19.4. The van der Waals surface area contributed by atoms with Gasteiger partial charge < -0.3 is 20.6 Å². The monoisotopic (exact) mass is 459 g/mol. The zero-order chi connectivity index (χ0) is 23.1. The number of carbonyl (C=O) groups is 1. The fourth-order valence-electron chi connectivity index (χ4n) is 4.76. The van der Waals surface area contributed by atoms with Gasteiger partial charge in [0.1, 0.15) is 5.75 Å². The number of aromatic hydroxyl groups is 1. The quantitative estimate of drug-likeness (QED) is 0.442. The average molecular weight is 460 g/mol. The molecular formula is C27H26ClN3O2. The van der Waals surface area contributed by atoms with Crippen LogP contribution in [0.4, 0.5) is 17.1 Å². The third-order valence-electron chi connectivity index (χ3n) is 6.49. The molecule has 2 unspecified atom stereocenters. The molecule has 2 atom stereocenters. The number of fused-ring (bicyclic) bond motifs is 1. The van der Waals surface area contributed by atoms with Crippen molar-refractivity contribution in [1.29, 1.82) is 0 Å². The van der Waals surface area contributed by atoms with E-state index in [1.807, 2.05) is 38.4 Å². The lowest BCUT2D eigenvalue weighted by Gasteiger charge is -2.30. The minimum absolute atomic E-state index is 0.0649. The summed E-state index contributed by atoms with van der Waals surface area (Å²) >= 11 is 6.27. The summed E-state index contributed by atoms with van der Waals surface area (Å²) in [6, 6.07) is 20.7. The molecule has 0 saturated carbocycles. The molecule has 168 valence electrons. The molecule has 0 bridgehead atoms. The van der Waals surface area contributed by atoms with Crippen LogP contribution in [0.3, 0.4) is 0 Å². The summed E-state index contributed by atoms with van der Waals surface area (Å²) in [5, 5.41) is 18.2. The predicted molar refractivity (Wildman–Crippen MR) is 134 cm³/mol. The number of allylic oxidation sites excluding steroid dienone is 1. The molecule has 3 N–H and O–H groups in total. The summed E-state index contributed by atoms with van der Waals surface area (Å²) in [6.07, 6.45) is 1.12. The molecule has 1 aliphatic heterocycles. The molecule has 5 nitrogen and oxygen atoms in total. The number of nitrogens with zero attached hydrogens (tertiary/aromatic N) is 1. The zero-order valence-electron chi connectivity index (χ0n) is 18.6. The molecule has 3 aromatic rings. The van der Waals surface area contributed by atoms with E-state index in [4.69, 9.17) is 11.6 Å². The first-order valence-electron chi connectivity index (χ1n) is 11.0. The second kappa shape index (κ2) is 8.49. The standard InChI is InChI=1S/C27H26ClN3O2/c1-31(2)19-10-7-16(8-11-19)17-13-23-26(25(33)14-17)27(20-15-18(28)9-12-24(20)32)30-22-6-4-3-5-21(22)29-23/h3-12,15,17,27,29-30,32H,13-14H2,1-2H3. The lowest BCUT2D eigenvalue weighted by atomic mass is 9.78. The lowest BCUT2D eigenvalue weighted by Crippen LogP contribution is -2.27. The van der Waals surface area contributed by atoms with Crippen LogP contribution < -0.4 is 15.5 Å². The molecule has 1 heterocycles. The van der Waals surface area contributed by atoms with Crippen molar-refractivity contribution >= 4 is 34.4 Å². The van der Waals surface area contributed by atoms with Gasteiger partial charge in [0.2, 0.25) is 0 Å². The SMILES string of the molecule is CN(C)c1ccc(C2CC(=O)C3=C(C2)Nc2ccccc2NC3c2cc(Cl)ccc2O)cc1. The number of phenols is 1. The Morgan fingerprint density at radius 3 is 2.42 bits per heavy atom. The van der Waals surface area contributed by atoms with Crippen molar-refractivity contribution < 1.29 is 9.90 Å². The van der Waals surface area contributed by atoms with E-state index in [-0.39, 0.29) is 17.5 Å². The van der Waals surface area contributed by atoms with Crippen LogP contribution in [0.1, 0.15) is 35.9 Å². The second-order valence-electron chi connectivity index (χ2n) is 8.86. The van der Waals surface area contributed by atoms with Crippen molar-refractivity contribution in [3.8, 4) is 5.75 Å². The minimum Gasteiger partial charge on any atom is -0.508 e. The molecular weight excluding hydrogens is 434 g/mol. The predicted octanol–water partition coefficient (Wildman–Crippen LogP) is 6.09. The smallest absolute Gasteiger partial charge is 0.163 e. The summed E-state index contributed by atoms with van der Waals surface area (Å²) in [7, 11) is 4.03. The molecule has 6 heteroatoms. The Kier molecular flexibility index (Phi) is 5.51. The Labute approximate surface area is 198 Å². The molecule has 1 aliphatic carbocycles. The van der Waals surface area contributed by atoms with Gasteiger partial charge in [0.15, 0.2) is 5.78 Å². The summed E-state index contributed by atoms with van der Waals surface area (Å²) in [5.41, 5.74) is 6.19. The third kappa shape index (κ3) is 4.05. The number of phenolic OH excluding ortho intramolecular Hbond substituents is 1. The van der Waals surface area contributed by atoms with E-state index in [0.717, 1.165) is 28.3 Å². The number of para-hydroxylation sites is 2. The Bertz CT molecular complexity index is 1250. The van der Waals surface area contributed by atoms with Gasteiger partial charge >= 0.3 is 0 Å². The lowest BCUT2D eigenvalue weighted by molar-refractivity contribution is -0.116. The van der Waals surface area contributed by atoms with E-state index < -0.39 is 6.04 Å². The van der Waals surface area contributed by atoms with E-state index in [2.05, 4.69) is 39.8 Å². The maximum absolute atomic E-state index is 13.6. The molecule has 2 aliphatic rings. The number of halogens is 1. The number of rotatable bonds is 3. The molecule has 0 fully saturated rings. The number of hydrogen-bond acceptors (Lipinski definition) is 5. The molecule has 0 amide bonds. The van der Waals surface area contributed by atoms with E-state index in [1.54, 1.807) is 18.2 Å². The van der Waals surface area contributed by atoms with Crippen LogP contribution >= 0.6 is 11.6 Å². The van der Waals surface area contributed by atoms with Crippen LogP contribution in [0, 0.1) is 0 Å². The molecule has 0 aromatic heterocycles. The number of carbonyl (C=O) groups excluding carboxylic acids is 1. The van der Waals surface area contributed by atoms with Crippen molar-refractivity contribution in [2.45, 2.75) is 24.8 Å². The van der Waals surface area contributed by atoms with Crippen LogP contribution in [-0.4, -0.2) is 25.0 Å². The summed E-state index contributed by atoms with van der Waals surface area (Å²) in [6.45, 7) is 0. The Morgan fingerprint density at radius 1 is 0.970 bits per heavy atom. The molecule has 0 spiro atoms. The Hall–Kier alpha value is -3.44. The summed E-state index contributed by atoms with van der Waals surface area (Å²) in [5.74, 6) is 0.256. The number of hydrogen-bond donors (Lipinski definition) is 3. The normalized spacial score (nSPS) is 19.7. The maximum atomic E-state index is 13.6. The highest BCUT2D eigenvalue weighted by Gasteiger charge is 2.37. The van der Waals surface area contributed by atoms with E-state index in [1.165, 1.54) is 0 Å². The summed E-state index contributed by atoms with van der Waals surface area (Å²) < 4.78 is 0. The van der Waals surface area contributed by atoms with Gasteiger partial charge in [-0.1, -0.05) is 35.9 Å². The number of benzene rings is 3. The van der Waals surface area contributed by atoms with Gasteiger partial charge in [0, 0.05) is 48.1 Å². The second-order valence-corrected chi connectivity index (χ2v) is 9.29. The third-order valence-corrected chi connectivity index (χ3v) is 6.73. The number of nitrogens with one attached hydrogen (secondary N) is 2. The van der Waals surface area contributed by atoms with Gasteiger partial charge in [-0.05, 0) is 60.4 Å². The highest BCUT2D eigenvalue weighted by atomic mass is 35.5. The van der Waals surface area contributed by atoms with Crippen LogP contribution in [-0.2, 0) is 4.79 Å². The van der Waals surface area contributed by atoms with Crippen molar-refractivity contribution in [1.82, 2.24) is 0 Å². The molecule has 33 heavy (non-hydrogen) atoms. The van der Waals surface area contributed by atoms with Gasteiger partial charge in [0.05, 0.1) is 17.4 Å². The van der Waals surface area contributed by atoms with Crippen LogP contribution in [0.15, 0.2) is 78.0 Å². The molecule has 0 radical (unpaired) electrons. The number of Topliss-reactive ketones (excluding diaryl/α,β-unsaturated/α-hetero) is 1. The molecule has 5 rings (SSSR count). The van der Waals surface area contributed by atoms with E-state index in [9.17, 15) is 9.90 Å². The van der Waals surface area contributed by atoms with Gasteiger partial charge in [0.25, 0.3) is 0 Å². The fraction of sp³-hybridized carbons (Fsp3) is 0.222. The van der Waals surface area contributed by atoms with Crippen LogP contribution in [0.5, 0.6) is 5.75 Å². The van der Waals surface area contributed by atoms with Gasteiger partial charge in [-0.3, -0.25) is 4.79 Å². The average Bonchev–Trinajstić information content (AvgIpc) is 2.97. The first-order chi connectivity index (χ1) is 15.9. The fourth-order valence-corrected chi connectivity index (χ4v) is 4.94. The minimum atomic E-state index is -0.501. The number of anilines is 3. The number of ketones is 1. The van der Waals surface area contributed by atoms with Crippen LogP contribution in [0.2, 0.25) is 5.02 Å². The van der Waals surface area contributed by atoms with Gasteiger partial charge in [-0.25, -0.2) is 0 Å².